The van der Waals surface area contributed by atoms with Crippen LogP contribution in [0.2, 0.25) is 0 Å². The lowest BCUT2D eigenvalue weighted by Gasteiger charge is -2.13. The summed E-state index contributed by atoms with van der Waals surface area (Å²) in [5.74, 6) is 0.351. The Morgan fingerprint density at radius 3 is 2.70 bits per heavy atom. The summed E-state index contributed by atoms with van der Waals surface area (Å²) in [6, 6.07) is 10.7. The molecule has 3 rings (SSSR count). The number of halogens is 1. The Kier molecular flexibility index (Phi) is 4.64. The van der Waals surface area contributed by atoms with Gasteiger partial charge in [0.2, 0.25) is 0 Å². The van der Waals surface area contributed by atoms with E-state index in [2.05, 4.69) is 20.7 Å². The molecule has 4 nitrogen and oxygen atoms in total. The normalized spacial score (nSPS) is 13.7. The lowest BCUT2D eigenvalue weighted by molar-refractivity contribution is 0.331. The molecule has 2 aromatic carbocycles. The number of fused-ring (bicyclic) bond motifs is 1. The second-order valence-corrected chi connectivity index (χ2v) is 8.03. The molecule has 0 saturated carbocycles. The Morgan fingerprint density at radius 1 is 1.13 bits per heavy atom. The van der Waals surface area contributed by atoms with E-state index in [1.54, 1.807) is 18.2 Å². The molecule has 1 aliphatic rings. The monoisotopic (exact) mass is 395 g/mol. The molecule has 1 aliphatic carbocycles. The molecule has 0 atom stereocenters. The minimum absolute atomic E-state index is 0.134. The van der Waals surface area contributed by atoms with Gasteiger partial charge in [0, 0.05) is 10.2 Å². The maximum atomic E-state index is 12.7. The van der Waals surface area contributed by atoms with Gasteiger partial charge in [-0.2, -0.15) is 0 Å². The van der Waals surface area contributed by atoms with Gasteiger partial charge < -0.3 is 4.74 Å². The predicted molar refractivity (Wildman–Crippen MR) is 94.6 cm³/mol. The quantitative estimate of drug-likeness (QED) is 0.827. The zero-order valence-electron chi connectivity index (χ0n) is 12.8. The molecule has 0 bridgehead atoms. The van der Waals surface area contributed by atoms with Crippen LogP contribution in [0.1, 0.15) is 24.5 Å². The van der Waals surface area contributed by atoms with Crippen LogP contribution in [0.5, 0.6) is 5.75 Å². The third-order valence-corrected chi connectivity index (χ3v) is 5.74. The molecule has 1 N–H and O–H groups in total. The lowest BCUT2D eigenvalue weighted by atomic mass is 10.1. The summed E-state index contributed by atoms with van der Waals surface area (Å²) >= 11 is 3.32. The Balaban J connectivity index is 1.94. The van der Waals surface area contributed by atoms with Gasteiger partial charge in [-0.1, -0.05) is 22.0 Å². The van der Waals surface area contributed by atoms with Crippen molar-refractivity contribution in [3.8, 4) is 5.75 Å². The minimum Gasteiger partial charge on any atom is -0.492 e. The van der Waals surface area contributed by atoms with Gasteiger partial charge in [-0.3, -0.25) is 4.72 Å². The number of rotatable bonds is 5. The molecule has 0 radical (unpaired) electrons. The first kappa shape index (κ1) is 16.3. The summed E-state index contributed by atoms with van der Waals surface area (Å²) < 4.78 is 34.3. The highest BCUT2D eigenvalue weighted by Crippen LogP contribution is 2.30. The first-order valence-electron chi connectivity index (χ1n) is 7.56. The number of aryl methyl sites for hydroxylation is 2. The molecule has 122 valence electrons. The molecule has 2 aromatic rings. The van der Waals surface area contributed by atoms with Crippen LogP contribution < -0.4 is 9.46 Å². The Morgan fingerprint density at radius 2 is 1.91 bits per heavy atom. The van der Waals surface area contributed by atoms with Crippen LogP contribution in [0.15, 0.2) is 45.8 Å². The van der Waals surface area contributed by atoms with Gasteiger partial charge in [0.15, 0.2) is 0 Å². The highest BCUT2D eigenvalue weighted by molar-refractivity contribution is 9.10. The average Bonchev–Trinajstić information content (AvgIpc) is 2.96. The van der Waals surface area contributed by atoms with E-state index in [9.17, 15) is 8.42 Å². The second-order valence-electron chi connectivity index (χ2n) is 5.47. The van der Waals surface area contributed by atoms with E-state index in [0.29, 0.717) is 22.5 Å². The van der Waals surface area contributed by atoms with Gasteiger partial charge in [0.1, 0.15) is 10.6 Å². The van der Waals surface area contributed by atoms with Gasteiger partial charge in [0.05, 0.1) is 6.61 Å². The van der Waals surface area contributed by atoms with Crippen molar-refractivity contribution in [2.75, 3.05) is 11.3 Å². The fraction of sp³-hybridized carbons (Fsp3) is 0.294. The number of anilines is 1. The molecular weight excluding hydrogens is 378 g/mol. The fourth-order valence-electron chi connectivity index (χ4n) is 2.81. The maximum Gasteiger partial charge on any atom is 0.265 e. The molecule has 0 aromatic heterocycles. The van der Waals surface area contributed by atoms with E-state index in [1.165, 1.54) is 11.1 Å². The summed E-state index contributed by atoms with van der Waals surface area (Å²) in [5.41, 5.74) is 3.13. The molecule has 23 heavy (non-hydrogen) atoms. The molecule has 0 heterocycles. The fourth-order valence-corrected chi connectivity index (χ4v) is 4.55. The Hall–Kier alpha value is -1.53. The second kappa shape index (κ2) is 6.53. The van der Waals surface area contributed by atoms with E-state index in [4.69, 9.17) is 4.74 Å². The molecule has 0 fully saturated rings. The van der Waals surface area contributed by atoms with Crippen LogP contribution in [-0.4, -0.2) is 15.0 Å². The van der Waals surface area contributed by atoms with Crippen molar-refractivity contribution in [3.05, 3.63) is 52.0 Å². The molecule has 0 saturated heterocycles. The first-order valence-corrected chi connectivity index (χ1v) is 9.84. The van der Waals surface area contributed by atoms with Crippen LogP contribution in [0.25, 0.3) is 0 Å². The SMILES string of the molecule is CCOc1ccc(Br)cc1S(=O)(=O)Nc1ccc2c(c1)CCC2. The molecular formula is C17H18BrNO3S. The molecule has 0 amide bonds. The van der Waals surface area contributed by atoms with Crippen molar-refractivity contribution >= 4 is 31.6 Å². The van der Waals surface area contributed by atoms with E-state index >= 15 is 0 Å². The Bertz CT molecular complexity index is 834. The van der Waals surface area contributed by atoms with E-state index in [0.717, 1.165) is 19.3 Å². The van der Waals surface area contributed by atoms with Crippen molar-refractivity contribution < 1.29 is 13.2 Å². The average molecular weight is 396 g/mol. The maximum absolute atomic E-state index is 12.7. The smallest absolute Gasteiger partial charge is 0.265 e. The number of hydrogen-bond acceptors (Lipinski definition) is 3. The first-order chi connectivity index (χ1) is 11.0. The Labute approximate surface area is 145 Å². The van der Waals surface area contributed by atoms with Crippen LogP contribution in [0.3, 0.4) is 0 Å². The van der Waals surface area contributed by atoms with Gasteiger partial charge in [-0.15, -0.1) is 0 Å². The topological polar surface area (TPSA) is 55.4 Å². The summed E-state index contributed by atoms with van der Waals surface area (Å²) in [6.45, 7) is 2.23. The number of benzene rings is 2. The van der Waals surface area contributed by atoms with E-state index < -0.39 is 10.0 Å². The zero-order valence-corrected chi connectivity index (χ0v) is 15.2. The molecule has 0 aliphatic heterocycles. The molecule has 6 heteroatoms. The van der Waals surface area contributed by atoms with E-state index in [1.807, 2.05) is 25.1 Å². The van der Waals surface area contributed by atoms with Crippen LogP contribution in [0, 0.1) is 0 Å². The predicted octanol–water partition coefficient (Wildman–Crippen LogP) is 4.14. The van der Waals surface area contributed by atoms with Gasteiger partial charge in [0.25, 0.3) is 10.0 Å². The van der Waals surface area contributed by atoms with Gasteiger partial charge in [-0.25, -0.2) is 8.42 Å². The van der Waals surface area contributed by atoms with Gasteiger partial charge >= 0.3 is 0 Å². The van der Waals surface area contributed by atoms with Crippen molar-refractivity contribution in [2.45, 2.75) is 31.1 Å². The van der Waals surface area contributed by atoms with Crippen molar-refractivity contribution in [1.82, 2.24) is 0 Å². The number of nitrogens with one attached hydrogen (secondary N) is 1. The van der Waals surface area contributed by atoms with Crippen molar-refractivity contribution in [2.24, 2.45) is 0 Å². The largest absolute Gasteiger partial charge is 0.492 e. The van der Waals surface area contributed by atoms with Crippen LogP contribution >= 0.6 is 15.9 Å². The summed E-state index contributed by atoms with van der Waals surface area (Å²) in [4.78, 5) is 0.134. The summed E-state index contributed by atoms with van der Waals surface area (Å²) in [5, 5.41) is 0. The number of ether oxygens (including phenoxy) is 1. The van der Waals surface area contributed by atoms with Gasteiger partial charge in [-0.05, 0) is 67.6 Å². The van der Waals surface area contributed by atoms with Crippen LogP contribution in [0.4, 0.5) is 5.69 Å². The summed E-state index contributed by atoms with van der Waals surface area (Å²) in [6.07, 6.45) is 3.21. The highest BCUT2D eigenvalue weighted by Gasteiger charge is 2.21. The molecule has 0 spiro atoms. The van der Waals surface area contributed by atoms with Crippen LogP contribution in [-0.2, 0) is 22.9 Å². The standard InChI is InChI=1S/C17H18BrNO3S/c1-2-22-16-9-7-14(18)11-17(16)23(20,21)19-15-8-6-12-4-3-5-13(12)10-15/h6-11,19H,2-5H2,1H3. The number of hydrogen-bond donors (Lipinski definition) is 1. The third kappa shape index (κ3) is 3.53. The van der Waals surface area contributed by atoms with Crippen molar-refractivity contribution in [3.63, 3.8) is 0 Å². The summed E-state index contributed by atoms with van der Waals surface area (Å²) in [7, 11) is -3.71. The third-order valence-electron chi connectivity index (χ3n) is 3.85. The molecule has 0 unspecified atom stereocenters. The minimum atomic E-state index is -3.71. The zero-order chi connectivity index (χ0) is 16.4. The van der Waals surface area contributed by atoms with Crippen molar-refractivity contribution in [1.29, 1.82) is 0 Å². The highest BCUT2D eigenvalue weighted by atomic mass is 79.9. The van der Waals surface area contributed by atoms with E-state index in [-0.39, 0.29) is 4.90 Å². The number of sulfonamides is 1. The lowest BCUT2D eigenvalue weighted by Crippen LogP contribution is -2.14.